The van der Waals surface area contributed by atoms with Crippen molar-refractivity contribution in [3.8, 4) is 0 Å². The first kappa shape index (κ1) is 17.6. The molecule has 0 amide bonds. The monoisotopic (exact) mass is 339 g/mol. The second-order valence-corrected chi connectivity index (χ2v) is 6.88. The second kappa shape index (κ2) is 6.38. The number of hydrogen-bond acceptors (Lipinski definition) is 9. The summed E-state index contributed by atoms with van der Waals surface area (Å²) >= 11 is 0. The van der Waals surface area contributed by atoms with Crippen molar-refractivity contribution >= 4 is 16.1 Å². The number of carbonyl (C=O) groups excluding carboxylic acids is 1. The first-order valence-corrected chi connectivity index (χ1v) is 8.55. The van der Waals surface area contributed by atoms with E-state index in [0.29, 0.717) is 13.0 Å². The summed E-state index contributed by atoms with van der Waals surface area (Å²) < 4.78 is 42.9. The molecular formula is C12H21NO8S. The van der Waals surface area contributed by atoms with Crippen molar-refractivity contribution in [2.45, 2.75) is 24.4 Å². The van der Waals surface area contributed by atoms with Gasteiger partial charge in [-0.2, -0.15) is 13.5 Å². The molecule has 0 aliphatic carbocycles. The Labute approximate surface area is 129 Å². The van der Waals surface area contributed by atoms with Crippen LogP contribution < -0.4 is 0 Å². The molecule has 0 N–H and O–H groups in total. The van der Waals surface area contributed by atoms with Crippen molar-refractivity contribution in [3.05, 3.63) is 0 Å². The van der Waals surface area contributed by atoms with Crippen molar-refractivity contribution in [2.24, 2.45) is 5.92 Å². The number of rotatable bonds is 6. The average molecular weight is 339 g/mol. The predicted octanol–water partition coefficient (Wildman–Crippen LogP) is -0.871. The van der Waals surface area contributed by atoms with Gasteiger partial charge in [-0.3, -0.25) is 13.8 Å². The molecule has 0 radical (unpaired) electrons. The highest BCUT2D eigenvalue weighted by Gasteiger charge is 2.62. The van der Waals surface area contributed by atoms with E-state index in [-0.39, 0.29) is 6.61 Å². The molecule has 0 bridgehead atoms. The van der Waals surface area contributed by atoms with Gasteiger partial charge in [-0.05, 0) is 0 Å². The fourth-order valence-electron chi connectivity index (χ4n) is 3.06. The summed E-state index contributed by atoms with van der Waals surface area (Å²) in [6.45, 7) is 0.199. The second-order valence-electron chi connectivity index (χ2n) is 5.24. The molecule has 0 aromatic carbocycles. The highest BCUT2D eigenvalue weighted by molar-refractivity contribution is 7.85. The van der Waals surface area contributed by atoms with Gasteiger partial charge in [0, 0.05) is 27.2 Å². The van der Waals surface area contributed by atoms with Gasteiger partial charge in [0.15, 0.2) is 5.79 Å². The van der Waals surface area contributed by atoms with Gasteiger partial charge in [-0.1, -0.05) is 0 Å². The van der Waals surface area contributed by atoms with Crippen molar-refractivity contribution in [3.63, 3.8) is 0 Å². The van der Waals surface area contributed by atoms with Crippen LogP contribution in [0, 0.1) is 5.92 Å². The van der Waals surface area contributed by atoms with E-state index in [1.54, 1.807) is 5.06 Å². The molecule has 0 spiro atoms. The van der Waals surface area contributed by atoms with Gasteiger partial charge >= 0.3 is 5.97 Å². The number of carbonyl (C=O) groups is 1. The Morgan fingerprint density at radius 3 is 2.45 bits per heavy atom. The minimum Gasteiger partial charge on any atom is -0.469 e. The van der Waals surface area contributed by atoms with Crippen LogP contribution in [0.1, 0.15) is 6.42 Å². The smallest absolute Gasteiger partial charge is 0.313 e. The lowest BCUT2D eigenvalue weighted by Gasteiger charge is -2.33. The highest BCUT2D eigenvalue weighted by atomic mass is 32.2. The van der Waals surface area contributed by atoms with Gasteiger partial charge in [0.1, 0.15) is 18.1 Å². The molecule has 22 heavy (non-hydrogen) atoms. The van der Waals surface area contributed by atoms with Gasteiger partial charge in [0.05, 0.1) is 20.0 Å². The minimum atomic E-state index is -3.64. The van der Waals surface area contributed by atoms with Crippen molar-refractivity contribution in [1.82, 2.24) is 5.06 Å². The van der Waals surface area contributed by atoms with Crippen LogP contribution >= 0.6 is 0 Å². The molecule has 2 aliphatic rings. The van der Waals surface area contributed by atoms with Crippen molar-refractivity contribution in [1.29, 1.82) is 0 Å². The zero-order valence-corrected chi connectivity index (χ0v) is 13.8. The van der Waals surface area contributed by atoms with Crippen molar-refractivity contribution < 1.29 is 36.4 Å². The standard InChI is InChI=1S/C12H21NO8S/c1-17-11(14)9-8(7-20-22(4,15)16)21-13-6-5-12(18-2,19-3)10(9)13/h8-10H,5-7H2,1-4H3/t8-,9+,10+/m1/s1. The Morgan fingerprint density at radius 2 is 1.95 bits per heavy atom. The van der Waals surface area contributed by atoms with Crippen LogP contribution in [0.25, 0.3) is 0 Å². The molecule has 2 aliphatic heterocycles. The lowest BCUT2D eigenvalue weighted by atomic mass is 9.90. The number of nitrogens with zero attached hydrogens (tertiary/aromatic N) is 1. The van der Waals surface area contributed by atoms with Crippen LogP contribution in [-0.2, 0) is 38.1 Å². The predicted molar refractivity (Wildman–Crippen MR) is 73.0 cm³/mol. The number of methoxy groups -OCH3 is 3. The quantitative estimate of drug-likeness (QED) is 0.347. The summed E-state index contributed by atoms with van der Waals surface area (Å²) in [6.07, 6.45) is 0.653. The number of hydrogen-bond donors (Lipinski definition) is 0. The van der Waals surface area contributed by atoms with Gasteiger partial charge in [-0.15, -0.1) is 0 Å². The van der Waals surface area contributed by atoms with E-state index in [1.807, 2.05) is 0 Å². The Hall–Kier alpha value is -0.780. The molecule has 9 nitrogen and oxygen atoms in total. The summed E-state index contributed by atoms with van der Waals surface area (Å²) in [6, 6.07) is -0.539. The maximum Gasteiger partial charge on any atom is 0.313 e. The molecule has 2 rings (SSSR count). The molecule has 3 atom stereocenters. The maximum atomic E-state index is 12.2. The molecule has 0 unspecified atom stereocenters. The molecule has 0 aromatic rings. The van der Waals surface area contributed by atoms with Crippen LogP contribution in [0.5, 0.6) is 0 Å². The largest absolute Gasteiger partial charge is 0.469 e. The SMILES string of the molecule is COC(=O)[C@@H]1[C@@H]2N(CCC2(OC)OC)O[C@@H]1COS(C)(=O)=O. The summed E-state index contributed by atoms with van der Waals surface area (Å²) in [5, 5.41) is 1.57. The van der Waals surface area contributed by atoms with E-state index in [4.69, 9.17) is 23.2 Å². The Bertz CT molecular complexity index is 517. The van der Waals surface area contributed by atoms with Crippen LogP contribution in [0.3, 0.4) is 0 Å². The van der Waals surface area contributed by atoms with Gasteiger partial charge < -0.3 is 14.2 Å². The fourth-order valence-corrected chi connectivity index (χ4v) is 3.44. The minimum absolute atomic E-state index is 0.283. The van der Waals surface area contributed by atoms with Crippen LogP contribution in [0.2, 0.25) is 0 Å². The number of fused-ring (bicyclic) bond motifs is 1. The highest BCUT2D eigenvalue weighted by Crippen LogP contribution is 2.44. The maximum absolute atomic E-state index is 12.2. The molecule has 0 aromatic heterocycles. The van der Waals surface area contributed by atoms with Crippen molar-refractivity contribution in [2.75, 3.05) is 40.7 Å². The van der Waals surface area contributed by atoms with Crippen LogP contribution in [0.15, 0.2) is 0 Å². The van der Waals surface area contributed by atoms with Crippen LogP contribution in [-0.4, -0.2) is 78.1 Å². The summed E-state index contributed by atoms with van der Waals surface area (Å²) in [5.74, 6) is -2.33. The first-order valence-electron chi connectivity index (χ1n) is 6.74. The topological polar surface area (TPSA) is 101 Å². The molecule has 10 heteroatoms. The Balaban J connectivity index is 2.26. The Morgan fingerprint density at radius 1 is 1.32 bits per heavy atom. The van der Waals surface area contributed by atoms with E-state index in [9.17, 15) is 13.2 Å². The zero-order chi connectivity index (χ0) is 16.5. The summed E-state index contributed by atoms with van der Waals surface area (Å²) in [7, 11) is 0.591. The van der Waals surface area contributed by atoms with Crippen LogP contribution in [0.4, 0.5) is 0 Å². The lowest BCUT2D eigenvalue weighted by molar-refractivity contribution is -0.238. The molecule has 2 fully saturated rings. The number of esters is 1. The summed E-state index contributed by atoms with van der Waals surface area (Å²) in [5.41, 5.74) is 0. The fraction of sp³-hybridized carbons (Fsp3) is 0.917. The third-order valence-corrected chi connectivity index (χ3v) is 4.63. The van der Waals surface area contributed by atoms with Gasteiger partial charge in [0.25, 0.3) is 10.1 Å². The number of ether oxygens (including phenoxy) is 3. The molecular weight excluding hydrogens is 318 g/mol. The van der Waals surface area contributed by atoms with E-state index in [1.165, 1.54) is 21.3 Å². The first-order chi connectivity index (χ1) is 10.3. The van der Waals surface area contributed by atoms with Gasteiger partial charge in [0.2, 0.25) is 0 Å². The van der Waals surface area contributed by atoms with Gasteiger partial charge in [-0.25, -0.2) is 0 Å². The number of hydroxylamine groups is 2. The van der Waals surface area contributed by atoms with E-state index in [2.05, 4.69) is 0 Å². The zero-order valence-electron chi connectivity index (χ0n) is 13.0. The Kier molecular flexibility index (Phi) is 5.09. The molecule has 2 heterocycles. The average Bonchev–Trinajstić information content (AvgIpc) is 3.00. The summed E-state index contributed by atoms with van der Waals surface area (Å²) in [4.78, 5) is 17.8. The van der Waals surface area contributed by atoms with E-state index >= 15 is 0 Å². The normalized spacial score (nSPS) is 31.2. The molecule has 128 valence electrons. The van der Waals surface area contributed by atoms with E-state index in [0.717, 1.165) is 6.26 Å². The molecule has 0 saturated carbocycles. The van der Waals surface area contributed by atoms with E-state index < -0.39 is 39.9 Å². The third-order valence-electron chi connectivity index (χ3n) is 4.06. The third kappa shape index (κ3) is 3.12. The molecule has 2 saturated heterocycles. The lowest BCUT2D eigenvalue weighted by Crippen LogP contribution is -2.51.